The second-order valence-corrected chi connectivity index (χ2v) is 6.93. The highest BCUT2D eigenvalue weighted by molar-refractivity contribution is 5.85. The lowest BCUT2D eigenvalue weighted by Gasteiger charge is -2.47. The van der Waals surface area contributed by atoms with Crippen LogP contribution in [0.1, 0.15) is 46.5 Å². The van der Waals surface area contributed by atoms with E-state index in [1.165, 1.54) is 38.8 Å². The summed E-state index contributed by atoms with van der Waals surface area (Å²) < 4.78 is 5.24. The standard InChI is InChI=1S/C14H26N2O2.ClH/c1-13(2,3)18-12(17)16-8-11-4-6-14(7-5-11)9-15-10-14;/h11,15H,4-10H2,1-3H3,(H,16,17);1H. The molecule has 2 N–H and O–H groups in total. The zero-order chi connectivity index (χ0) is 13.2. The third-order valence-electron chi connectivity index (χ3n) is 4.10. The van der Waals surface area contributed by atoms with Gasteiger partial charge in [-0.3, -0.25) is 0 Å². The van der Waals surface area contributed by atoms with Gasteiger partial charge in [0.05, 0.1) is 0 Å². The first kappa shape index (κ1) is 16.6. The largest absolute Gasteiger partial charge is 0.444 e. The zero-order valence-corrected chi connectivity index (χ0v) is 13.1. The minimum atomic E-state index is -0.404. The molecule has 0 aromatic rings. The van der Waals surface area contributed by atoms with Crippen molar-refractivity contribution >= 4 is 18.5 Å². The van der Waals surface area contributed by atoms with Crippen molar-refractivity contribution in [1.29, 1.82) is 0 Å². The van der Waals surface area contributed by atoms with Crippen LogP contribution in [0.25, 0.3) is 0 Å². The van der Waals surface area contributed by atoms with E-state index in [4.69, 9.17) is 4.74 Å². The Bertz CT molecular complexity index is 301. The zero-order valence-electron chi connectivity index (χ0n) is 12.3. The highest BCUT2D eigenvalue weighted by Crippen LogP contribution is 2.41. The predicted octanol–water partition coefficient (Wildman–Crippen LogP) is 2.71. The third kappa shape index (κ3) is 4.84. The van der Waals surface area contributed by atoms with Crippen molar-refractivity contribution < 1.29 is 9.53 Å². The molecule has 1 heterocycles. The van der Waals surface area contributed by atoms with Crippen molar-refractivity contribution in [3.63, 3.8) is 0 Å². The van der Waals surface area contributed by atoms with E-state index in [1.54, 1.807) is 0 Å². The van der Waals surface area contributed by atoms with Crippen LogP contribution >= 0.6 is 12.4 Å². The van der Waals surface area contributed by atoms with Gasteiger partial charge in [-0.15, -0.1) is 12.4 Å². The summed E-state index contributed by atoms with van der Waals surface area (Å²) in [5.74, 6) is 0.628. The average molecular weight is 291 g/mol. The van der Waals surface area contributed by atoms with Gasteiger partial charge in [-0.05, 0) is 57.8 Å². The highest BCUT2D eigenvalue weighted by Gasteiger charge is 2.39. The van der Waals surface area contributed by atoms with Gasteiger partial charge in [-0.25, -0.2) is 4.79 Å². The Morgan fingerprint density at radius 3 is 2.32 bits per heavy atom. The smallest absolute Gasteiger partial charge is 0.407 e. The molecule has 112 valence electrons. The first-order valence-corrected chi connectivity index (χ1v) is 7.06. The number of amides is 1. The van der Waals surface area contributed by atoms with Crippen LogP contribution in [0.4, 0.5) is 4.79 Å². The fraction of sp³-hybridized carbons (Fsp3) is 0.929. The summed E-state index contributed by atoms with van der Waals surface area (Å²) in [7, 11) is 0. The van der Waals surface area contributed by atoms with Crippen LogP contribution in [0.5, 0.6) is 0 Å². The van der Waals surface area contributed by atoms with Crippen LogP contribution in [0.15, 0.2) is 0 Å². The molecule has 0 aromatic heterocycles. The van der Waals surface area contributed by atoms with Crippen LogP contribution in [0.2, 0.25) is 0 Å². The summed E-state index contributed by atoms with van der Waals surface area (Å²) in [4.78, 5) is 11.6. The fourth-order valence-electron chi connectivity index (χ4n) is 2.87. The molecule has 2 rings (SSSR count). The Labute approximate surface area is 122 Å². The van der Waals surface area contributed by atoms with Crippen molar-refractivity contribution in [2.75, 3.05) is 19.6 Å². The quantitative estimate of drug-likeness (QED) is 0.822. The summed E-state index contributed by atoms with van der Waals surface area (Å²) >= 11 is 0. The normalized spacial score (nSPS) is 22.3. The van der Waals surface area contributed by atoms with E-state index in [9.17, 15) is 4.79 Å². The molecule has 0 unspecified atom stereocenters. The molecule has 2 fully saturated rings. The van der Waals surface area contributed by atoms with Gasteiger partial charge in [0.15, 0.2) is 0 Å². The van der Waals surface area contributed by atoms with Crippen LogP contribution in [-0.4, -0.2) is 31.3 Å². The maximum absolute atomic E-state index is 11.6. The van der Waals surface area contributed by atoms with Gasteiger partial charge >= 0.3 is 6.09 Å². The summed E-state index contributed by atoms with van der Waals surface area (Å²) in [6, 6.07) is 0. The Balaban J connectivity index is 0.00000180. The molecule has 0 aromatic carbocycles. The van der Waals surface area contributed by atoms with E-state index in [0.717, 1.165) is 6.54 Å². The van der Waals surface area contributed by atoms with Gasteiger partial charge in [0.25, 0.3) is 0 Å². The second kappa shape index (κ2) is 6.31. The first-order valence-electron chi connectivity index (χ1n) is 7.06. The van der Waals surface area contributed by atoms with Crippen molar-refractivity contribution in [1.82, 2.24) is 10.6 Å². The third-order valence-corrected chi connectivity index (χ3v) is 4.10. The monoisotopic (exact) mass is 290 g/mol. The van der Waals surface area contributed by atoms with Crippen LogP contribution in [-0.2, 0) is 4.74 Å². The fourth-order valence-corrected chi connectivity index (χ4v) is 2.87. The van der Waals surface area contributed by atoms with Crippen LogP contribution < -0.4 is 10.6 Å². The van der Waals surface area contributed by atoms with Gasteiger partial charge in [0.1, 0.15) is 5.60 Å². The summed E-state index contributed by atoms with van der Waals surface area (Å²) in [6.45, 7) is 8.82. The van der Waals surface area contributed by atoms with Gasteiger partial charge in [0, 0.05) is 19.6 Å². The first-order chi connectivity index (χ1) is 8.39. The molecule has 4 nitrogen and oxygen atoms in total. The molecule has 1 amide bonds. The van der Waals surface area contributed by atoms with Crippen molar-refractivity contribution in [2.45, 2.75) is 52.1 Å². The molecule has 1 spiro atoms. The maximum Gasteiger partial charge on any atom is 0.407 e. The van der Waals surface area contributed by atoms with Crippen LogP contribution in [0, 0.1) is 11.3 Å². The van der Waals surface area contributed by atoms with Gasteiger partial charge in [-0.1, -0.05) is 0 Å². The molecule has 0 atom stereocenters. The Hall–Kier alpha value is -0.480. The molecule has 2 aliphatic rings. The summed E-state index contributed by atoms with van der Waals surface area (Å²) in [5, 5.41) is 6.27. The lowest BCUT2D eigenvalue weighted by Crippen LogP contribution is -2.55. The second-order valence-electron chi connectivity index (χ2n) is 6.93. The van der Waals surface area contributed by atoms with E-state index in [2.05, 4.69) is 10.6 Å². The Kier molecular flexibility index (Phi) is 5.51. The number of rotatable bonds is 2. The number of halogens is 1. The van der Waals surface area contributed by atoms with E-state index >= 15 is 0 Å². The molecule has 1 aliphatic heterocycles. The molecule has 0 radical (unpaired) electrons. The lowest BCUT2D eigenvalue weighted by atomic mass is 9.67. The van der Waals surface area contributed by atoms with Crippen molar-refractivity contribution in [3.8, 4) is 0 Å². The van der Waals surface area contributed by atoms with Gasteiger partial charge in [0.2, 0.25) is 0 Å². The average Bonchev–Trinajstić information content (AvgIpc) is 2.22. The molecule has 0 bridgehead atoms. The maximum atomic E-state index is 11.6. The minimum absolute atomic E-state index is 0. The Morgan fingerprint density at radius 2 is 1.89 bits per heavy atom. The topological polar surface area (TPSA) is 50.4 Å². The van der Waals surface area contributed by atoms with Crippen molar-refractivity contribution in [2.24, 2.45) is 11.3 Å². The number of hydrogen-bond donors (Lipinski definition) is 2. The highest BCUT2D eigenvalue weighted by atomic mass is 35.5. The van der Waals surface area contributed by atoms with Gasteiger partial charge < -0.3 is 15.4 Å². The van der Waals surface area contributed by atoms with E-state index in [1.807, 2.05) is 20.8 Å². The molecular weight excluding hydrogens is 264 g/mol. The predicted molar refractivity (Wildman–Crippen MR) is 78.7 cm³/mol. The Morgan fingerprint density at radius 1 is 1.32 bits per heavy atom. The molecular formula is C14H27ClN2O2. The molecule has 1 saturated carbocycles. The number of carbonyl (C=O) groups is 1. The van der Waals surface area contributed by atoms with Crippen LogP contribution in [0.3, 0.4) is 0 Å². The molecule has 19 heavy (non-hydrogen) atoms. The number of ether oxygens (including phenoxy) is 1. The van der Waals surface area contributed by atoms with Crippen molar-refractivity contribution in [3.05, 3.63) is 0 Å². The van der Waals surface area contributed by atoms with Gasteiger partial charge in [-0.2, -0.15) is 0 Å². The summed E-state index contributed by atoms with van der Waals surface area (Å²) in [6.07, 6.45) is 4.80. The number of alkyl carbamates (subject to hydrolysis) is 1. The molecule has 1 aliphatic carbocycles. The minimum Gasteiger partial charge on any atom is -0.444 e. The van der Waals surface area contributed by atoms with E-state index < -0.39 is 5.60 Å². The van der Waals surface area contributed by atoms with E-state index in [0.29, 0.717) is 11.3 Å². The summed E-state index contributed by atoms with van der Waals surface area (Å²) in [5.41, 5.74) is 0.195. The lowest BCUT2D eigenvalue weighted by molar-refractivity contribution is 0.0485. The molecule has 1 saturated heterocycles. The number of hydrogen-bond acceptors (Lipinski definition) is 3. The molecule has 5 heteroatoms. The number of nitrogens with one attached hydrogen (secondary N) is 2. The number of carbonyl (C=O) groups excluding carboxylic acids is 1. The SMILES string of the molecule is CC(C)(C)OC(=O)NCC1CCC2(CC1)CNC2.Cl. The van der Waals surface area contributed by atoms with E-state index in [-0.39, 0.29) is 18.5 Å².